The van der Waals surface area contributed by atoms with Crippen LogP contribution in [0.15, 0.2) is 18.2 Å². The molecule has 82 valence electrons. The minimum atomic E-state index is 0.193. The highest BCUT2D eigenvalue weighted by Crippen LogP contribution is 2.29. The zero-order chi connectivity index (χ0) is 10.7. The van der Waals surface area contributed by atoms with E-state index < -0.39 is 0 Å². The normalized spacial score (nSPS) is 17.7. The third-order valence-corrected chi connectivity index (χ3v) is 2.71. The van der Waals surface area contributed by atoms with Crippen molar-refractivity contribution < 1.29 is 9.84 Å². The van der Waals surface area contributed by atoms with E-state index in [-0.39, 0.29) is 5.75 Å². The van der Waals surface area contributed by atoms with Crippen LogP contribution in [-0.2, 0) is 0 Å². The van der Waals surface area contributed by atoms with E-state index in [2.05, 4.69) is 10.6 Å². The Bertz CT molecular complexity index is 335. The number of benzene rings is 1. The van der Waals surface area contributed by atoms with Gasteiger partial charge in [-0.1, -0.05) is 6.07 Å². The Balaban J connectivity index is 2.20. The van der Waals surface area contributed by atoms with Gasteiger partial charge < -0.3 is 20.5 Å². The number of aromatic hydroxyl groups is 1. The maximum atomic E-state index is 9.48. The van der Waals surface area contributed by atoms with Gasteiger partial charge in [0.2, 0.25) is 0 Å². The van der Waals surface area contributed by atoms with Crippen LogP contribution in [0.2, 0.25) is 0 Å². The molecule has 2 rings (SSSR count). The fourth-order valence-corrected chi connectivity index (χ4v) is 1.84. The summed E-state index contributed by atoms with van der Waals surface area (Å²) in [5, 5.41) is 16.0. The van der Waals surface area contributed by atoms with E-state index in [0.29, 0.717) is 11.7 Å². The highest BCUT2D eigenvalue weighted by Gasteiger charge is 2.16. The van der Waals surface area contributed by atoms with Crippen LogP contribution in [-0.4, -0.2) is 32.0 Å². The van der Waals surface area contributed by atoms with Gasteiger partial charge in [-0.2, -0.15) is 0 Å². The van der Waals surface area contributed by atoms with Crippen molar-refractivity contribution in [3.8, 4) is 11.5 Å². The first-order chi connectivity index (χ1) is 7.31. The van der Waals surface area contributed by atoms with Crippen molar-refractivity contribution in [3.63, 3.8) is 0 Å². The molecule has 1 saturated heterocycles. The molecule has 0 unspecified atom stereocenters. The van der Waals surface area contributed by atoms with Crippen molar-refractivity contribution in [3.05, 3.63) is 23.8 Å². The number of rotatable bonds is 2. The smallest absolute Gasteiger partial charge is 0.160 e. The summed E-state index contributed by atoms with van der Waals surface area (Å²) >= 11 is 0. The molecule has 15 heavy (non-hydrogen) atoms. The lowest BCUT2D eigenvalue weighted by Gasteiger charge is -2.24. The number of hydrogen-bond donors (Lipinski definition) is 3. The molecule has 0 aliphatic carbocycles. The molecule has 0 atom stereocenters. The van der Waals surface area contributed by atoms with Crippen LogP contribution < -0.4 is 15.4 Å². The second-order valence-electron chi connectivity index (χ2n) is 3.71. The molecule has 0 spiro atoms. The van der Waals surface area contributed by atoms with Crippen molar-refractivity contribution in [1.82, 2.24) is 10.6 Å². The van der Waals surface area contributed by atoms with Gasteiger partial charge in [-0.15, -0.1) is 0 Å². The highest BCUT2D eigenvalue weighted by molar-refractivity contribution is 5.43. The van der Waals surface area contributed by atoms with Crippen molar-refractivity contribution in [2.75, 3.05) is 26.9 Å². The minimum Gasteiger partial charge on any atom is -0.504 e. The molecule has 3 N–H and O–H groups in total. The van der Waals surface area contributed by atoms with Crippen LogP contribution in [0, 0.1) is 0 Å². The van der Waals surface area contributed by atoms with E-state index in [1.54, 1.807) is 13.2 Å². The maximum absolute atomic E-state index is 9.48. The molecule has 0 amide bonds. The number of ether oxygens (including phenoxy) is 1. The Hall–Kier alpha value is -1.26. The largest absolute Gasteiger partial charge is 0.504 e. The predicted molar refractivity (Wildman–Crippen MR) is 58.3 cm³/mol. The summed E-state index contributed by atoms with van der Waals surface area (Å²) in [7, 11) is 1.57. The second kappa shape index (κ2) is 4.51. The van der Waals surface area contributed by atoms with Gasteiger partial charge in [-0.05, 0) is 17.7 Å². The van der Waals surface area contributed by atoms with E-state index in [1.165, 1.54) is 5.56 Å². The Morgan fingerprint density at radius 3 is 2.73 bits per heavy atom. The topological polar surface area (TPSA) is 53.5 Å². The molecular weight excluding hydrogens is 192 g/mol. The van der Waals surface area contributed by atoms with Gasteiger partial charge in [0.15, 0.2) is 11.5 Å². The minimum absolute atomic E-state index is 0.193. The summed E-state index contributed by atoms with van der Waals surface area (Å²) in [5.74, 6) is 1.17. The SMILES string of the molecule is COc1cc(C2CNCNC2)ccc1O. The third-order valence-electron chi connectivity index (χ3n) is 2.71. The van der Waals surface area contributed by atoms with E-state index in [0.717, 1.165) is 19.8 Å². The molecule has 1 aromatic rings. The lowest BCUT2D eigenvalue weighted by atomic mass is 9.97. The van der Waals surface area contributed by atoms with E-state index in [9.17, 15) is 5.11 Å². The van der Waals surface area contributed by atoms with Gasteiger partial charge in [-0.3, -0.25) is 0 Å². The zero-order valence-electron chi connectivity index (χ0n) is 8.79. The predicted octanol–water partition coefficient (Wildman–Crippen LogP) is 0.635. The Kier molecular flexibility index (Phi) is 3.08. The quantitative estimate of drug-likeness (QED) is 0.667. The molecule has 1 aliphatic heterocycles. The van der Waals surface area contributed by atoms with Crippen LogP contribution in [0.3, 0.4) is 0 Å². The summed E-state index contributed by atoms with van der Waals surface area (Å²) in [4.78, 5) is 0. The average Bonchev–Trinajstić information content (AvgIpc) is 2.31. The summed E-state index contributed by atoms with van der Waals surface area (Å²) in [6, 6.07) is 5.52. The standard InChI is InChI=1S/C11H16N2O2/c1-15-11-4-8(2-3-10(11)14)9-5-12-7-13-6-9/h2-4,9,12-14H,5-7H2,1H3. The van der Waals surface area contributed by atoms with Crippen LogP contribution in [0.4, 0.5) is 0 Å². The van der Waals surface area contributed by atoms with Crippen molar-refractivity contribution >= 4 is 0 Å². The van der Waals surface area contributed by atoms with Gasteiger partial charge >= 0.3 is 0 Å². The molecular formula is C11H16N2O2. The summed E-state index contributed by atoms with van der Waals surface area (Å²) in [5.41, 5.74) is 1.18. The zero-order valence-corrected chi connectivity index (χ0v) is 8.79. The lowest BCUT2D eigenvalue weighted by Crippen LogP contribution is -2.42. The van der Waals surface area contributed by atoms with Gasteiger partial charge in [-0.25, -0.2) is 0 Å². The molecule has 4 nitrogen and oxygen atoms in total. The molecule has 0 saturated carbocycles. The fraction of sp³-hybridized carbons (Fsp3) is 0.455. The van der Waals surface area contributed by atoms with Gasteiger partial charge in [0.1, 0.15) is 0 Å². The summed E-state index contributed by atoms with van der Waals surface area (Å²) in [6.45, 7) is 2.79. The van der Waals surface area contributed by atoms with Crippen LogP contribution in [0.1, 0.15) is 11.5 Å². The van der Waals surface area contributed by atoms with Crippen LogP contribution >= 0.6 is 0 Å². The molecule has 1 aromatic carbocycles. The molecule has 0 radical (unpaired) electrons. The monoisotopic (exact) mass is 208 g/mol. The van der Waals surface area contributed by atoms with Crippen molar-refractivity contribution in [2.45, 2.75) is 5.92 Å². The molecule has 1 fully saturated rings. The molecule has 0 bridgehead atoms. The lowest BCUT2D eigenvalue weighted by molar-refractivity contribution is 0.371. The Morgan fingerprint density at radius 1 is 1.33 bits per heavy atom. The number of hydrogen-bond acceptors (Lipinski definition) is 4. The van der Waals surface area contributed by atoms with Gasteiger partial charge in [0.25, 0.3) is 0 Å². The van der Waals surface area contributed by atoms with Crippen LogP contribution in [0.5, 0.6) is 11.5 Å². The average molecular weight is 208 g/mol. The Morgan fingerprint density at radius 2 is 2.07 bits per heavy atom. The first-order valence-electron chi connectivity index (χ1n) is 5.09. The third kappa shape index (κ3) is 2.22. The maximum Gasteiger partial charge on any atom is 0.160 e. The van der Waals surface area contributed by atoms with Gasteiger partial charge in [0, 0.05) is 25.7 Å². The molecule has 1 heterocycles. The first kappa shape index (κ1) is 10.3. The fourth-order valence-electron chi connectivity index (χ4n) is 1.84. The number of nitrogens with one attached hydrogen (secondary N) is 2. The van der Waals surface area contributed by atoms with Crippen molar-refractivity contribution in [2.24, 2.45) is 0 Å². The van der Waals surface area contributed by atoms with E-state index >= 15 is 0 Å². The highest BCUT2D eigenvalue weighted by atomic mass is 16.5. The number of methoxy groups -OCH3 is 1. The molecule has 0 aromatic heterocycles. The van der Waals surface area contributed by atoms with E-state index in [4.69, 9.17) is 4.74 Å². The second-order valence-corrected chi connectivity index (χ2v) is 3.71. The Labute approximate surface area is 89.3 Å². The molecule has 4 heteroatoms. The van der Waals surface area contributed by atoms with Crippen LogP contribution in [0.25, 0.3) is 0 Å². The number of phenols is 1. The van der Waals surface area contributed by atoms with Gasteiger partial charge in [0.05, 0.1) is 7.11 Å². The summed E-state index contributed by atoms with van der Waals surface area (Å²) < 4.78 is 5.09. The van der Waals surface area contributed by atoms with E-state index in [1.807, 2.05) is 12.1 Å². The summed E-state index contributed by atoms with van der Waals surface area (Å²) in [6.07, 6.45) is 0. The molecule has 1 aliphatic rings. The van der Waals surface area contributed by atoms with Crippen molar-refractivity contribution in [1.29, 1.82) is 0 Å². The number of phenolic OH excluding ortho intramolecular Hbond substituents is 1. The first-order valence-corrected chi connectivity index (χ1v) is 5.09.